The average Bonchev–Trinajstić information content (AvgIpc) is 3.14. The maximum absolute atomic E-state index is 12.4. The summed E-state index contributed by atoms with van der Waals surface area (Å²) in [4.78, 5) is 26.4. The molecule has 1 atom stereocenters. The highest BCUT2D eigenvalue weighted by Crippen LogP contribution is 2.35. The first-order valence-corrected chi connectivity index (χ1v) is 7.43. The largest absolute Gasteiger partial charge is 0.325 e. The van der Waals surface area contributed by atoms with Crippen molar-refractivity contribution in [3.63, 3.8) is 0 Å². The Labute approximate surface area is 118 Å². The predicted octanol–water partition coefficient (Wildman–Crippen LogP) is 1.85. The summed E-state index contributed by atoms with van der Waals surface area (Å²) in [5, 5.41) is 3.00. The van der Waals surface area contributed by atoms with Gasteiger partial charge < -0.3 is 5.32 Å². The highest BCUT2D eigenvalue weighted by Gasteiger charge is 2.43. The standard InChI is InChI=1S/C16H18N2O2/c19-14-4-2-10-1-3-12(9-13(10)14)17-16(20)15-11-5-7-18(15)8-6-11/h1,3,9,11,15H,2,4-8H2,(H,17,20). The quantitative estimate of drug-likeness (QED) is 0.892. The van der Waals surface area contributed by atoms with Crippen LogP contribution in [0.1, 0.15) is 35.2 Å². The van der Waals surface area contributed by atoms with Gasteiger partial charge in [0.1, 0.15) is 0 Å². The van der Waals surface area contributed by atoms with E-state index in [0.717, 1.165) is 49.2 Å². The number of anilines is 1. The van der Waals surface area contributed by atoms with Crippen molar-refractivity contribution in [1.29, 1.82) is 0 Å². The molecule has 0 spiro atoms. The molecule has 0 radical (unpaired) electrons. The van der Waals surface area contributed by atoms with Gasteiger partial charge in [0.15, 0.2) is 5.78 Å². The molecule has 1 N–H and O–H groups in total. The number of aryl methyl sites for hydroxylation is 1. The highest BCUT2D eigenvalue weighted by atomic mass is 16.2. The van der Waals surface area contributed by atoms with E-state index in [2.05, 4.69) is 10.2 Å². The molecule has 2 saturated heterocycles. The molecule has 1 unspecified atom stereocenters. The fourth-order valence-electron chi connectivity index (χ4n) is 3.92. The Kier molecular flexibility index (Phi) is 2.67. The van der Waals surface area contributed by atoms with Gasteiger partial charge >= 0.3 is 0 Å². The zero-order chi connectivity index (χ0) is 13.7. The predicted molar refractivity (Wildman–Crippen MR) is 75.8 cm³/mol. The average molecular weight is 270 g/mol. The van der Waals surface area contributed by atoms with Gasteiger partial charge in [-0.2, -0.15) is 0 Å². The third kappa shape index (κ3) is 1.79. The fraction of sp³-hybridized carbons (Fsp3) is 0.500. The van der Waals surface area contributed by atoms with Crippen LogP contribution in [-0.2, 0) is 11.2 Å². The number of hydrogen-bond donors (Lipinski definition) is 1. The highest BCUT2D eigenvalue weighted by molar-refractivity contribution is 6.02. The van der Waals surface area contributed by atoms with Crippen LogP contribution >= 0.6 is 0 Å². The van der Waals surface area contributed by atoms with Gasteiger partial charge in [-0.3, -0.25) is 14.5 Å². The van der Waals surface area contributed by atoms with Crippen molar-refractivity contribution in [2.24, 2.45) is 5.92 Å². The topological polar surface area (TPSA) is 49.4 Å². The first kappa shape index (κ1) is 12.1. The first-order valence-electron chi connectivity index (χ1n) is 7.43. The summed E-state index contributed by atoms with van der Waals surface area (Å²) >= 11 is 0. The smallest absolute Gasteiger partial charge is 0.242 e. The minimum absolute atomic E-state index is 0.0407. The second kappa shape index (κ2) is 4.42. The normalized spacial score (nSPS) is 30.6. The molecule has 2 aliphatic heterocycles. The number of piperidine rings is 1. The zero-order valence-electron chi connectivity index (χ0n) is 11.4. The van der Waals surface area contributed by atoms with Gasteiger partial charge in [0.2, 0.25) is 5.91 Å². The van der Waals surface area contributed by atoms with Crippen molar-refractivity contribution in [2.45, 2.75) is 31.7 Å². The van der Waals surface area contributed by atoms with Crippen LogP contribution in [0.25, 0.3) is 0 Å². The summed E-state index contributed by atoms with van der Waals surface area (Å²) in [5.74, 6) is 0.808. The molecule has 2 heterocycles. The minimum Gasteiger partial charge on any atom is -0.325 e. The van der Waals surface area contributed by atoms with E-state index in [1.807, 2.05) is 18.2 Å². The second-order valence-electron chi connectivity index (χ2n) is 6.10. The SMILES string of the molecule is O=C1CCc2ccc(NC(=O)C3C4CCN3CC4)cc21. The van der Waals surface area contributed by atoms with Crippen LogP contribution in [0.2, 0.25) is 0 Å². The van der Waals surface area contributed by atoms with Crippen molar-refractivity contribution < 1.29 is 9.59 Å². The molecule has 2 fully saturated rings. The molecule has 104 valence electrons. The van der Waals surface area contributed by atoms with Crippen LogP contribution in [0.15, 0.2) is 18.2 Å². The van der Waals surface area contributed by atoms with Crippen molar-refractivity contribution in [3.8, 4) is 0 Å². The number of nitrogens with zero attached hydrogens (tertiary/aromatic N) is 1. The lowest BCUT2D eigenvalue weighted by Gasteiger charge is -2.18. The lowest BCUT2D eigenvalue weighted by atomic mass is 9.99. The molecule has 2 bridgehead atoms. The molecule has 4 rings (SSSR count). The third-order valence-electron chi connectivity index (χ3n) is 4.98. The van der Waals surface area contributed by atoms with Gasteiger partial charge in [-0.1, -0.05) is 6.07 Å². The number of benzene rings is 1. The van der Waals surface area contributed by atoms with Gasteiger partial charge in [0, 0.05) is 17.7 Å². The molecule has 0 aromatic heterocycles. The van der Waals surface area contributed by atoms with E-state index in [1.54, 1.807) is 0 Å². The Morgan fingerprint density at radius 3 is 2.70 bits per heavy atom. The lowest BCUT2D eigenvalue weighted by Crippen LogP contribution is -2.37. The molecule has 1 aromatic rings. The number of Topliss-reactive ketones (excluding diaryl/α,β-unsaturated/α-hetero) is 1. The Balaban J connectivity index is 1.53. The van der Waals surface area contributed by atoms with E-state index in [1.165, 1.54) is 0 Å². The van der Waals surface area contributed by atoms with E-state index in [9.17, 15) is 9.59 Å². The van der Waals surface area contributed by atoms with Gasteiger partial charge in [0.25, 0.3) is 0 Å². The van der Waals surface area contributed by atoms with E-state index >= 15 is 0 Å². The molecule has 4 heteroatoms. The minimum atomic E-state index is 0.0407. The van der Waals surface area contributed by atoms with Crippen molar-refractivity contribution >= 4 is 17.4 Å². The van der Waals surface area contributed by atoms with Crippen molar-refractivity contribution in [3.05, 3.63) is 29.3 Å². The first-order chi connectivity index (χ1) is 9.72. The Morgan fingerprint density at radius 1 is 1.20 bits per heavy atom. The Morgan fingerprint density at radius 2 is 2.00 bits per heavy atom. The molecular formula is C16H18N2O2. The van der Waals surface area contributed by atoms with Crippen molar-refractivity contribution in [1.82, 2.24) is 4.90 Å². The van der Waals surface area contributed by atoms with E-state index in [4.69, 9.17) is 0 Å². The third-order valence-corrected chi connectivity index (χ3v) is 4.98. The summed E-state index contributed by atoms with van der Waals surface area (Å²) in [6, 6.07) is 5.77. The monoisotopic (exact) mass is 270 g/mol. The Bertz CT molecular complexity index is 576. The van der Waals surface area contributed by atoms with Crippen LogP contribution < -0.4 is 5.32 Å². The summed E-state index contributed by atoms with van der Waals surface area (Å²) in [7, 11) is 0. The molecule has 3 aliphatic rings. The van der Waals surface area contributed by atoms with E-state index in [0.29, 0.717) is 12.3 Å². The van der Waals surface area contributed by atoms with Gasteiger partial charge in [-0.15, -0.1) is 0 Å². The number of carbonyl (C=O) groups is 2. The molecule has 0 saturated carbocycles. The number of rotatable bonds is 2. The van der Waals surface area contributed by atoms with E-state index < -0.39 is 0 Å². The molecule has 1 amide bonds. The molecule has 4 nitrogen and oxygen atoms in total. The molecule has 1 aromatic carbocycles. The van der Waals surface area contributed by atoms with Gasteiger partial charge in [-0.25, -0.2) is 0 Å². The molecule has 20 heavy (non-hydrogen) atoms. The van der Waals surface area contributed by atoms with Crippen molar-refractivity contribution in [2.75, 3.05) is 18.4 Å². The van der Waals surface area contributed by atoms with Gasteiger partial charge in [-0.05, 0) is 56.0 Å². The number of nitrogens with one attached hydrogen (secondary N) is 1. The van der Waals surface area contributed by atoms with Crippen LogP contribution in [0, 0.1) is 5.92 Å². The summed E-state index contributed by atoms with van der Waals surface area (Å²) < 4.78 is 0. The molecule has 1 aliphatic carbocycles. The number of fused-ring (bicyclic) bond motifs is 3. The lowest BCUT2D eigenvalue weighted by molar-refractivity contribution is -0.120. The maximum atomic E-state index is 12.4. The number of amides is 1. The fourth-order valence-corrected chi connectivity index (χ4v) is 3.92. The van der Waals surface area contributed by atoms with E-state index in [-0.39, 0.29) is 17.7 Å². The number of ketones is 1. The zero-order valence-corrected chi connectivity index (χ0v) is 11.4. The van der Waals surface area contributed by atoms with Crippen LogP contribution in [0.5, 0.6) is 0 Å². The van der Waals surface area contributed by atoms with Gasteiger partial charge in [0.05, 0.1) is 6.04 Å². The summed E-state index contributed by atoms with van der Waals surface area (Å²) in [5.41, 5.74) is 2.66. The van der Waals surface area contributed by atoms with Crippen LogP contribution in [0.4, 0.5) is 5.69 Å². The maximum Gasteiger partial charge on any atom is 0.242 e. The van der Waals surface area contributed by atoms with Crippen LogP contribution in [0.3, 0.4) is 0 Å². The molecular weight excluding hydrogens is 252 g/mol. The second-order valence-corrected chi connectivity index (χ2v) is 6.10. The summed E-state index contributed by atoms with van der Waals surface area (Å²) in [6.07, 6.45) is 3.72. The number of carbonyl (C=O) groups excluding carboxylic acids is 2. The number of hydrogen-bond acceptors (Lipinski definition) is 3. The Hall–Kier alpha value is -1.68. The summed E-state index contributed by atoms with van der Waals surface area (Å²) in [6.45, 7) is 2.09. The van der Waals surface area contributed by atoms with Crippen LogP contribution in [-0.4, -0.2) is 35.7 Å².